The van der Waals surface area contributed by atoms with Crippen LogP contribution in [0.4, 0.5) is 16.2 Å². The molecule has 0 radical (unpaired) electrons. The van der Waals surface area contributed by atoms with Crippen molar-refractivity contribution in [1.82, 2.24) is 5.32 Å². The molecule has 19 heavy (non-hydrogen) atoms. The van der Waals surface area contributed by atoms with Crippen LogP contribution in [0.1, 0.15) is 19.3 Å². The molecule has 2 rings (SSSR count). The number of nitrogens with zero attached hydrogens (tertiary/aromatic N) is 2. The van der Waals surface area contributed by atoms with Crippen LogP contribution < -0.4 is 15.5 Å². The lowest BCUT2D eigenvalue weighted by Crippen LogP contribution is -2.30. The van der Waals surface area contributed by atoms with Crippen molar-refractivity contribution in [3.8, 4) is 6.07 Å². The van der Waals surface area contributed by atoms with Crippen LogP contribution in [-0.2, 0) is 0 Å². The van der Waals surface area contributed by atoms with E-state index >= 15 is 0 Å². The standard InChI is InChI=1S/C14H18N4O/c15-8-9-16-14(19)17-12-4-6-13(7-5-12)18-10-2-1-3-11-18/h4-7H,1-3,9-11H2,(H2,16,17,19). The molecule has 0 aliphatic carbocycles. The number of rotatable bonds is 3. The number of urea groups is 1. The first kappa shape index (κ1) is 13.2. The third-order valence-electron chi connectivity index (χ3n) is 3.17. The van der Waals surface area contributed by atoms with E-state index in [1.54, 1.807) is 0 Å². The van der Waals surface area contributed by atoms with Crippen molar-refractivity contribution in [2.75, 3.05) is 29.9 Å². The van der Waals surface area contributed by atoms with Gasteiger partial charge in [-0.05, 0) is 43.5 Å². The summed E-state index contributed by atoms with van der Waals surface area (Å²) < 4.78 is 0. The van der Waals surface area contributed by atoms with Gasteiger partial charge in [-0.3, -0.25) is 0 Å². The monoisotopic (exact) mass is 258 g/mol. The average Bonchev–Trinajstić information content (AvgIpc) is 2.47. The Kier molecular flexibility index (Phi) is 4.62. The Morgan fingerprint density at radius 1 is 1.21 bits per heavy atom. The van der Waals surface area contributed by atoms with E-state index in [-0.39, 0.29) is 12.6 Å². The number of carbonyl (C=O) groups excluding carboxylic acids is 1. The summed E-state index contributed by atoms with van der Waals surface area (Å²) in [6, 6.07) is 9.31. The second kappa shape index (κ2) is 6.64. The first-order valence-corrected chi connectivity index (χ1v) is 6.56. The van der Waals surface area contributed by atoms with Crippen LogP contribution in [0.2, 0.25) is 0 Å². The highest BCUT2D eigenvalue weighted by molar-refractivity contribution is 5.89. The van der Waals surface area contributed by atoms with Gasteiger partial charge in [-0.1, -0.05) is 0 Å². The van der Waals surface area contributed by atoms with E-state index in [4.69, 9.17) is 5.26 Å². The zero-order valence-corrected chi connectivity index (χ0v) is 10.9. The molecule has 1 aliphatic rings. The van der Waals surface area contributed by atoms with Gasteiger partial charge in [-0.2, -0.15) is 5.26 Å². The van der Waals surface area contributed by atoms with Gasteiger partial charge in [0.2, 0.25) is 0 Å². The summed E-state index contributed by atoms with van der Waals surface area (Å²) in [4.78, 5) is 13.7. The summed E-state index contributed by atoms with van der Waals surface area (Å²) in [6.45, 7) is 2.22. The summed E-state index contributed by atoms with van der Waals surface area (Å²) >= 11 is 0. The zero-order valence-electron chi connectivity index (χ0n) is 10.9. The van der Waals surface area contributed by atoms with Crippen molar-refractivity contribution < 1.29 is 4.79 Å². The maximum Gasteiger partial charge on any atom is 0.320 e. The highest BCUT2D eigenvalue weighted by atomic mass is 16.2. The largest absolute Gasteiger partial charge is 0.372 e. The van der Waals surface area contributed by atoms with Gasteiger partial charge >= 0.3 is 6.03 Å². The van der Waals surface area contributed by atoms with Crippen LogP contribution in [0.15, 0.2) is 24.3 Å². The molecule has 1 heterocycles. The summed E-state index contributed by atoms with van der Waals surface area (Å²) in [7, 11) is 0. The minimum Gasteiger partial charge on any atom is -0.372 e. The molecule has 1 aromatic rings. The van der Waals surface area contributed by atoms with E-state index in [1.165, 1.54) is 24.9 Å². The molecule has 1 aliphatic heterocycles. The van der Waals surface area contributed by atoms with E-state index < -0.39 is 0 Å². The van der Waals surface area contributed by atoms with Crippen LogP contribution in [0.5, 0.6) is 0 Å². The molecule has 0 unspecified atom stereocenters. The van der Waals surface area contributed by atoms with Gasteiger partial charge in [0.25, 0.3) is 0 Å². The quantitative estimate of drug-likeness (QED) is 0.817. The maximum absolute atomic E-state index is 11.4. The summed E-state index contributed by atoms with van der Waals surface area (Å²) in [5, 5.41) is 13.5. The zero-order chi connectivity index (χ0) is 13.5. The molecule has 5 heteroatoms. The molecule has 5 nitrogen and oxygen atoms in total. The van der Waals surface area contributed by atoms with Crippen LogP contribution >= 0.6 is 0 Å². The molecule has 0 saturated carbocycles. The van der Waals surface area contributed by atoms with Gasteiger partial charge in [0.15, 0.2) is 0 Å². The van der Waals surface area contributed by atoms with E-state index in [0.29, 0.717) is 0 Å². The fourth-order valence-electron chi connectivity index (χ4n) is 2.20. The van der Waals surface area contributed by atoms with E-state index in [9.17, 15) is 4.79 Å². The molecular weight excluding hydrogens is 240 g/mol. The van der Waals surface area contributed by atoms with Gasteiger partial charge in [-0.25, -0.2) is 4.79 Å². The minimum atomic E-state index is -0.354. The van der Waals surface area contributed by atoms with Gasteiger partial charge in [0.1, 0.15) is 6.54 Å². The number of nitriles is 1. The molecule has 0 spiro atoms. The summed E-state index contributed by atoms with van der Waals surface area (Å²) in [6.07, 6.45) is 3.81. The van der Waals surface area contributed by atoms with Crippen molar-refractivity contribution in [1.29, 1.82) is 5.26 Å². The first-order valence-electron chi connectivity index (χ1n) is 6.56. The lowest BCUT2D eigenvalue weighted by molar-refractivity contribution is 0.253. The molecule has 2 N–H and O–H groups in total. The van der Waals surface area contributed by atoms with Crippen molar-refractivity contribution in [2.45, 2.75) is 19.3 Å². The van der Waals surface area contributed by atoms with Crippen LogP contribution in [-0.4, -0.2) is 25.7 Å². The Morgan fingerprint density at radius 2 is 1.89 bits per heavy atom. The van der Waals surface area contributed by atoms with Crippen LogP contribution in [0.3, 0.4) is 0 Å². The van der Waals surface area contributed by atoms with Crippen molar-refractivity contribution in [2.24, 2.45) is 0 Å². The second-order valence-electron chi connectivity index (χ2n) is 4.56. The fraction of sp³-hybridized carbons (Fsp3) is 0.429. The number of amides is 2. The number of nitrogens with one attached hydrogen (secondary N) is 2. The van der Waals surface area contributed by atoms with E-state index in [1.807, 2.05) is 30.3 Å². The molecule has 100 valence electrons. The van der Waals surface area contributed by atoms with E-state index in [2.05, 4.69) is 15.5 Å². The second-order valence-corrected chi connectivity index (χ2v) is 4.56. The number of hydrogen-bond acceptors (Lipinski definition) is 3. The Bertz CT molecular complexity index is 457. The third kappa shape index (κ3) is 3.88. The summed E-state index contributed by atoms with van der Waals surface area (Å²) in [5.74, 6) is 0. The van der Waals surface area contributed by atoms with Gasteiger partial charge in [0.05, 0.1) is 6.07 Å². The lowest BCUT2D eigenvalue weighted by Gasteiger charge is -2.28. The van der Waals surface area contributed by atoms with Gasteiger partial charge in [-0.15, -0.1) is 0 Å². The number of carbonyl (C=O) groups is 1. The van der Waals surface area contributed by atoms with Gasteiger partial charge in [0, 0.05) is 24.5 Å². The topological polar surface area (TPSA) is 68.2 Å². The molecule has 1 saturated heterocycles. The van der Waals surface area contributed by atoms with Crippen molar-refractivity contribution >= 4 is 17.4 Å². The SMILES string of the molecule is N#CCNC(=O)Nc1ccc(N2CCCCC2)cc1. The third-order valence-corrected chi connectivity index (χ3v) is 3.17. The average molecular weight is 258 g/mol. The van der Waals surface area contributed by atoms with Crippen molar-refractivity contribution in [3.63, 3.8) is 0 Å². The lowest BCUT2D eigenvalue weighted by atomic mass is 10.1. The Labute approximate surface area is 113 Å². The minimum absolute atomic E-state index is 0.0116. The predicted octanol–water partition coefficient (Wildman–Crippen LogP) is 2.32. The molecule has 1 aromatic carbocycles. The smallest absolute Gasteiger partial charge is 0.320 e. The summed E-state index contributed by atoms with van der Waals surface area (Å²) in [5.41, 5.74) is 1.93. The predicted molar refractivity (Wildman–Crippen MR) is 75.1 cm³/mol. The van der Waals surface area contributed by atoms with Crippen LogP contribution in [0.25, 0.3) is 0 Å². The number of piperidine rings is 1. The highest BCUT2D eigenvalue weighted by Gasteiger charge is 2.10. The Balaban J connectivity index is 1.90. The maximum atomic E-state index is 11.4. The molecule has 0 atom stereocenters. The first-order chi connectivity index (χ1) is 9.29. The molecule has 0 aromatic heterocycles. The molecule has 0 bridgehead atoms. The number of benzene rings is 1. The Hall–Kier alpha value is -2.22. The number of hydrogen-bond donors (Lipinski definition) is 2. The van der Waals surface area contributed by atoms with Crippen LogP contribution in [0, 0.1) is 11.3 Å². The molecule has 2 amide bonds. The Morgan fingerprint density at radius 3 is 2.53 bits per heavy atom. The van der Waals surface area contributed by atoms with E-state index in [0.717, 1.165) is 18.8 Å². The van der Waals surface area contributed by atoms with Gasteiger partial charge < -0.3 is 15.5 Å². The fourth-order valence-corrected chi connectivity index (χ4v) is 2.20. The normalized spacial score (nSPS) is 14.6. The van der Waals surface area contributed by atoms with Crippen molar-refractivity contribution in [3.05, 3.63) is 24.3 Å². The molecular formula is C14H18N4O. The number of anilines is 2. The highest BCUT2D eigenvalue weighted by Crippen LogP contribution is 2.21. The molecule has 1 fully saturated rings.